The summed E-state index contributed by atoms with van der Waals surface area (Å²) >= 11 is 0. The van der Waals surface area contributed by atoms with Crippen molar-refractivity contribution >= 4 is 10.0 Å². The molecule has 0 radical (unpaired) electrons. The second kappa shape index (κ2) is 8.53. The van der Waals surface area contributed by atoms with Crippen molar-refractivity contribution in [3.63, 3.8) is 0 Å². The molecule has 1 heterocycles. The van der Waals surface area contributed by atoms with E-state index in [9.17, 15) is 8.42 Å². The fourth-order valence-electron chi connectivity index (χ4n) is 2.63. The number of aryl methyl sites for hydroxylation is 2. The maximum atomic E-state index is 12.6. The lowest BCUT2D eigenvalue weighted by molar-refractivity contribution is 0.242. The number of hydrogen-bond acceptors (Lipinski definition) is 6. The summed E-state index contributed by atoms with van der Waals surface area (Å²) in [6.07, 6.45) is 0.343. The van der Waals surface area contributed by atoms with Crippen LogP contribution in [0.15, 0.2) is 57.9 Å². The fourth-order valence-corrected chi connectivity index (χ4v) is 3.91. The molecule has 0 spiro atoms. The number of benzene rings is 2. The number of aromatic nitrogens is 2. The Morgan fingerprint density at radius 1 is 1.07 bits per heavy atom. The van der Waals surface area contributed by atoms with Gasteiger partial charge in [0.15, 0.2) is 12.4 Å². The Balaban J connectivity index is 1.56. The topological polar surface area (TPSA) is 85.5 Å². The second-order valence-corrected chi connectivity index (χ2v) is 8.65. The Morgan fingerprint density at radius 3 is 2.50 bits per heavy atom. The molecule has 0 saturated heterocycles. The first-order valence-electron chi connectivity index (χ1n) is 8.88. The van der Waals surface area contributed by atoms with Crippen LogP contribution in [-0.4, -0.2) is 36.5 Å². The predicted molar refractivity (Wildman–Crippen MR) is 105 cm³/mol. The van der Waals surface area contributed by atoms with Crippen LogP contribution >= 0.6 is 0 Å². The molecule has 0 bridgehead atoms. The molecule has 0 aliphatic carbocycles. The maximum Gasteiger partial charge on any atom is 0.264 e. The minimum absolute atomic E-state index is 0.161. The Kier molecular flexibility index (Phi) is 6.11. The van der Waals surface area contributed by atoms with E-state index in [1.807, 2.05) is 44.2 Å². The summed E-state index contributed by atoms with van der Waals surface area (Å²) in [5.41, 5.74) is 1.99. The van der Waals surface area contributed by atoms with Crippen LogP contribution in [-0.2, 0) is 23.1 Å². The predicted octanol–water partition coefficient (Wildman–Crippen LogP) is 3.13. The fraction of sp³-hybridized carbons (Fsp3) is 0.300. The standard InChI is InChI=1S/C20H23N3O4S/c1-15-6-4-8-17(12-15)26-14-20-21-19(22-27-20)10-11-23(3)28(24,25)18-9-5-7-16(2)13-18/h4-9,12-13H,10-11,14H2,1-3H3. The van der Waals surface area contributed by atoms with Crippen molar-refractivity contribution < 1.29 is 17.7 Å². The van der Waals surface area contributed by atoms with Gasteiger partial charge in [-0.3, -0.25) is 0 Å². The maximum absolute atomic E-state index is 12.6. The van der Waals surface area contributed by atoms with Crippen LogP contribution in [0.4, 0.5) is 0 Å². The van der Waals surface area contributed by atoms with E-state index in [0.29, 0.717) is 18.1 Å². The molecule has 0 N–H and O–H groups in total. The van der Waals surface area contributed by atoms with Gasteiger partial charge in [-0.25, -0.2) is 12.7 Å². The molecule has 0 aliphatic heterocycles. The third kappa shape index (κ3) is 4.96. The molecule has 0 atom stereocenters. The molecule has 3 aromatic rings. The second-order valence-electron chi connectivity index (χ2n) is 6.60. The van der Waals surface area contributed by atoms with Gasteiger partial charge < -0.3 is 9.26 Å². The molecule has 0 fully saturated rings. The van der Waals surface area contributed by atoms with E-state index < -0.39 is 10.0 Å². The SMILES string of the molecule is Cc1cccc(OCc2nc(CCN(C)S(=O)(=O)c3cccc(C)c3)no2)c1. The summed E-state index contributed by atoms with van der Waals surface area (Å²) < 4.78 is 37.4. The van der Waals surface area contributed by atoms with Gasteiger partial charge in [0.05, 0.1) is 4.90 Å². The van der Waals surface area contributed by atoms with Crippen LogP contribution in [0.5, 0.6) is 5.75 Å². The largest absolute Gasteiger partial charge is 0.484 e. The Labute approximate surface area is 165 Å². The lowest BCUT2D eigenvalue weighted by Crippen LogP contribution is -2.29. The first-order chi connectivity index (χ1) is 13.3. The van der Waals surface area contributed by atoms with Gasteiger partial charge in [0.25, 0.3) is 5.89 Å². The summed E-state index contributed by atoms with van der Waals surface area (Å²) in [6.45, 7) is 4.25. The highest BCUT2D eigenvalue weighted by Gasteiger charge is 2.21. The van der Waals surface area contributed by atoms with Crippen molar-refractivity contribution in [2.45, 2.75) is 31.8 Å². The van der Waals surface area contributed by atoms with Gasteiger partial charge in [-0.05, 0) is 49.2 Å². The van der Waals surface area contributed by atoms with E-state index in [4.69, 9.17) is 9.26 Å². The van der Waals surface area contributed by atoms with Crippen LogP contribution in [0.3, 0.4) is 0 Å². The number of likely N-dealkylation sites (N-methyl/N-ethyl adjacent to an activating group) is 1. The smallest absolute Gasteiger partial charge is 0.264 e. The molecule has 148 valence electrons. The Bertz CT molecular complexity index is 1050. The van der Waals surface area contributed by atoms with Gasteiger partial charge in [-0.1, -0.05) is 29.4 Å². The van der Waals surface area contributed by atoms with Crippen molar-refractivity contribution in [1.82, 2.24) is 14.4 Å². The molecule has 8 heteroatoms. The van der Waals surface area contributed by atoms with Gasteiger partial charge in [0, 0.05) is 20.0 Å². The average molecular weight is 401 g/mol. The first kappa shape index (κ1) is 20.0. The van der Waals surface area contributed by atoms with E-state index >= 15 is 0 Å². The monoisotopic (exact) mass is 401 g/mol. The third-order valence-corrected chi connectivity index (χ3v) is 6.06. The van der Waals surface area contributed by atoms with Crippen LogP contribution < -0.4 is 4.74 Å². The molecule has 28 heavy (non-hydrogen) atoms. The van der Waals surface area contributed by atoms with E-state index in [1.165, 1.54) is 4.31 Å². The molecule has 0 unspecified atom stereocenters. The lowest BCUT2D eigenvalue weighted by Gasteiger charge is -2.16. The summed E-state index contributed by atoms with van der Waals surface area (Å²) in [6, 6.07) is 14.5. The highest BCUT2D eigenvalue weighted by molar-refractivity contribution is 7.89. The summed E-state index contributed by atoms with van der Waals surface area (Å²) in [7, 11) is -2.01. The van der Waals surface area contributed by atoms with Crippen molar-refractivity contribution in [2.75, 3.05) is 13.6 Å². The molecule has 0 aliphatic rings. The Hall–Kier alpha value is -2.71. The van der Waals surface area contributed by atoms with E-state index in [-0.39, 0.29) is 18.0 Å². The van der Waals surface area contributed by atoms with Crippen molar-refractivity contribution in [2.24, 2.45) is 0 Å². The van der Waals surface area contributed by atoms with Gasteiger partial charge in [-0.15, -0.1) is 0 Å². The number of hydrogen-bond donors (Lipinski definition) is 0. The third-order valence-electron chi connectivity index (χ3n) is 4.21. The molecule has 3 rings (SSSR count). The quantitative estimate of drug-likeness (QED) is 0.576. The summed E-state index contributed by atoms with van der Waals surface area (Å²) in [5, 5.41) is 3.90. The molecule has 0 saturated carbocycles. The zero-order chi connectivity index (χ0) is 20.1. The van der Waals surface area contributed by atoms with Crippen LogP contribution in [0.25, 0.3) is 0 Å². The highest BCUT2D eigenvalue weighted by Crippen LogP contribution is 2.16. The zero-order valence-corrected chi connectivity index (χ0v) is 16.9. The van der Waals surface area contributed by atoms with Crippen molar-refractivity contribution in [3.05, 3.63) is 71.4 Å². The minimum Gasteiger partial charge on any atom is -0.484 e. The number of sulfonamides is 1. The first-order valence-corrected chi connectivity index (χ1v) is 10.3. The lowest BCUT2D eigenvalue weighted by atomic mass is 10.2. The van der Waals surface area contributed by atoms with Crippen molar-refractivity contribution in [3.8, 4) is 5.75 Å². The number of rotatable bonds is 8. The zero-order valence-electron chi connectivity index (χ0n) is 16.1. The minimum atomic E-state index is -3.55. The highest BCUT2D eigenvalue weighted by atomic mass is 32.2. The summed E-state index contributed by atoms with van der Waals surface area (Å²) in [5.74, 6) is 1.51. The van der Waals surface area contributed by atoms with Gasteiger partial charge in [-0.2, -0.15) is 4.98 Å². The molecular weight excluding hydrogens is 378 g/mol. The molecule has 1 aromatic heterocycles. The van der Waals surface area contributed by atoms with Gasteiger partial charge >= 0.3 is 0 Å². The van der Waals surface area contributed by atoms with Crippen LogP contribution in [0, 0.1) is 13.8 Å². The molecule has 0 amide bonds. The number of nitrogens with zero attached hydrogens (tertiary/aromatic N) is 3. The van der Waals surface area contributed by atoms with E-state index in [0.717, 1.165) is 16.9 Å². The molecule has 2 aromatic carbocycles. The summed E-state index contributed by atoms with van der Waals surface area (Å²) in [4.78, 5) is 4.54. The van der Waals surface area contributed by atoms with E-state index in [1.54, 1.807) is 25.2 Å². The molecular formula is C20H23N3O4S. The van der Waals surface area contributed by atoms with Crippen molar-refractivity contribution in [1.29, 1.82) is 0 Å². The van der Waals surface area contributed by atoms with Gasteiger partial charge in [0.1, 0.15) is 5.75 Å². The van der Waals surface area contributed by atoms with Crippen LogP contribution in [0.2, 0.25) is 0 Å². The average Bonchev–Trinajstić information content (AvgIpc) is 3.12. The number of ether oxygens (including phenoxy) is 1. The normalized spacial score (nSPS) is 11.7. The van der Waals surface area contributed by atoms with Gasteiger partial charge in [0.2, 0.25) is 10.0 Å². The van der Waals surface area contributed by atoms with E-state index in [2.05, 4.69) is 10.1 Å². The molecule has 7 nitrogen and oxygen atoms in total. The Morgan fingerprint density at radius 2 is 1.79 bits per heavy atom. The van der Waals surface area contributed by atoms with Crippen LogP contribution in [0.1, 0.15) is 22.8 Å².